The van der Waals surface area contributed by atoms with E-state index in [0.29, 0.717) is 23.0 Å². The lowest BCUT2D eigenvalue weighted by molar-refractivity contribution is -0.147. The minimum absolute atomic E-state index is 0.0141. The van der Waals surface area contributed by atoms with Gasteiger partial charge in [0.2, 0.25) is 5.76 Å². The fraction of sp³-hybridized carbons (Fsp3) is 0.176. The molecule has 6 heteroatoms. The van der Waals surface area contributed by atoms with Gasteiger partial charge >= 0.3 is 5.97 Å². The summed E-state index contributed by atoms with van der Waals surface area (Å²) in [5.41, 5.74) is 1.46. The van der Waals surface area contributed by atoms with Gasteiger partial charge in [0.15, 0.2) is 12.4 Å². The van der Waals surface area contributed by atoms with Crippen molar-refractivity contribution in [2.24, 2.45) is 0 Å². The van der Waals surface area contributed by atoms with Crippen molar-refractivity contribution < 1.29 is 23.2 Å². The normalized spacial score (nSPS) is 10.5. The maximum Gasteiger partial charge on any atom is 0.344 e. The number of aryl methyl sites for hydroxylation is 1. The summed E-state index contributed by atoms with van der Waals surface area (Å²) < 4.78 is 20.8. The van der Waals surface area contributed by atoms with Gasteiger partial charge in [0.05, 0.1) is 6.26 Å². The molecule has 0 aliphatic carbocycles. The molecule has 0 atom stereocenters. The predicted octanol–water partition coefficient (Wildman–Crippen LogP) is 3.37. The highest BCUT2D eigenvalue weighted by Crippen LogP contribution is 2.21. The Morgan fingerprint density at radius 2 is 2.04 bits per heavy atom. The highest BCUT2D eigenvalue weighted by Gasteiger charge is 2.11. The number of carbonyl (C=O) groups is 1. The first kappa shape index (κ1) is 14.9. The first-order chi connectivity index (χ1) is 11.2. The summed E-state index contributed by atoms with van der Waals surface area (Å²) in [6.07, 6.45) is 1.54. The third-order valence-electron chi connectivity index (χ3n) is 3.14. The largest absolute Gasteiger partial charge is 0.482 e. The summed E-state index contributed by atoms with van der Waals surface area (Å²) >= 11 is 0. The molecule has 0 N–H and O–H groups in total. The van der Waals surface area contributed by atoms with Crippen molar-refractivity contribution in [1.82, 2.24) is 5.16 Å². The van der Waals surface area contributed by atoms with E-state index in [1.165, 1.54) is 0 Å². The van der Waals surface area contributed by atoms with E-state index in [-0.39, 0.29) is 13.2 Å². The molecular formula is C17H15NO5. The number of furan rings is 1. The van der Waals surface area contributed by atoms with Crippen molar-refractivity contribution in [3.05, 3.63) is 60.0 Å². The highest BCUT2D eigenvalue weighted by atomic mass is 16.6. The average molecular weight is 313 g/mol. The molecule has 2 aromatic heterocycles. The number of nitrogens with zero attached hydrogens (tertiary/aromatic N) is 1. The summed E-state index contributed by atoms with van der Waals surface area (Å²) in [6.45, 7) is 1.76. The zero-order chi connectivity index (χ0) is 16.1. The topological polar surface area (TPSA) is 74.7 Å². The number of aromatic nitrogens is 1. The summed E-state index contributed by atoms with van der Waals surface area (Å²) in [6, 6.07) is 12.6. The van der Waals surface area contributed by atoms with Crippen LogP contribution in [0, 0.1) is 6.92 Å². The number of para-hydroxylation sites is 1. The zero-order valence-electron chi connectivity index (χ0n) is 12.5. The van der Waals surface area contributed by atoms with Gasteiger partial charge < -0.3 is 18.4 Å². The van der Waals surface area contributed by atoms with Crippen LogP contribution in [0.25, 0.3) is 11.5 Å². The molecule has 3 aromatic rings. The van der Waals surface area contributed by atoms with E-state index in [9.17, 15) is 4.79 Å². The van der Waals surface area contributed by atoms with Gasteiger partial charge in [-0.2, -0.15) is 0 Å². The van der Waals surface area contributed by atoms with E-state index >= 15 is 0 Å². The second-order valence-corrected chi connectivity index (χ2v) is 4.87. The van der Waals surface area contributed by atoms with Crippen molar-refractivity contribution in [3.63, 3.8) is 0 Å². The fourth-order valence-electron chi connectivity index (χ4n) is 1.97. The Balaban J connectivity index is 1.49. The van der Waals surface area contributed by atoms with E-state index < -0.39 is 5.97 Å². The van der Waals surface area contributed by atoms with Gasteiger partial charge in [0, 0.05) is 6.07 Å². The molecule has 0 radical (unpaired) electrons. The fourth-order valence-corrected chi connectivity index (χ4v) is 1.97. The summed E-state index contributed by atoms with van der Waals surface area (Å²) in [5, 5.41) is 3.82. The smallest absolute Gasteiger partial charge is 0.344 e. The van der Waals surface area contributed by atoms with E-state index in [1.807, 2.05) is 25.1 Å². The molecule has 0 unspecified atom stereocenters. The van der Waals surface area contributed by atoms with Crippen molar-refractivity contribution in [1.29, 1.82) is 0 Å². The molecule has 6 nitrogen and oxygen atoms in total. The second kappa shape index (κ2) is 6.83. The van der Waals surface area contributed by atoms with Crippen LogP contribution < -0.4 is 4.74 Å². The quantitative estimate of drug-likeness (QED) is 0.650. The molecular weight excluding hydrogens is 298 g/mol. The van der Waals surface area contributed by atoms with Gasteiger partial charge in [-0.25, -0.2) is 4.79 Å². The lowest BCUT2D eigenvalue weighted by atomic mass is 10.2. The highest BCUT2D eigenvalue weighted by molar-refractivity contribution is 5.71. The van der Waals surface area contributed by atoms with Crippen molar-refractivity contribution in [2.45, 2.75) is 13.5 Å². The number of ether oxygens (including phenoxy) is 2. The predicted molar refractivity (Wildman–Crippen MR) is 80.7 cm³/mol. The molecule has 0 amide bonds. The van der Waals surface area contributed by atoms with Crippen LogP contribution in [0.1, 0.15) is 11.3 Å². The van der Waals surface area contributed by atoms with Crippen LogP contribution in [-0.2, 0) is 16.1 Å². The van der Waals surface area contributed by atoms with Gasteiger partial charge in [0.1, 0.15) is 18.1 Å². The summed E-state index contributed by atoms with van der Waals surface area (Å²) in [5.74, 6) is 1.23. The average Bonchev–Trinajstić information content (AvgIpc) is 3.23. The molecule has 1 aromatic carbocycles. The Morgan fingerprint density at radius 3 is 2.83 bits per heavy atom. The Morgan fingerprint density at radius 1 is 1.17 bits per heavy atom. The molecule has 0 saturated heterocycles. The number of rotatable bonds is 6. The Bertz CT molecular complexity index is 776. The zero-order valence-corrected chi connectivity index (χ0v) is 12.5. The van der Waals surface area contributed by atoms with E-state index in [0.717, 1.165) is 5.56 Å². The number of carbonyl (C=O) groups excluding carboxylic acids is 1. The van der Waals surface area contributed by atoms with Crippen LogP contribution in [0.2, 0.25) is 0 Å². The van der Waals surface area contributed by atoms with E-state index in [2.05, 4.69) is 5.16 Å². The number of esters is 1. The molecule has 0 aliphatic rings. The minimum Gasteiger partial charge on any atom is -0.482 e. The third kappa shape index (κ3) is 3.79. The third-order valence-corrected chi connectivity index (χ3v) is 3.14. The first-order valence-electron chi connectivity index (χ1n) is 7.06. The van der Waals surface area contributed by atoms with Crippen molar-refractivity contribution in [3.8, 4) is 17.3 Å². The molecule has 118 valence electrons. The standard InChI is InChI=1S/C17H15NO5/c1-12-5-2-3-6-14(12)21-11-17(19)22-10-13-9-16(23-18-13)15-7-4-8-20-15/h2-9H,10-11H2,1H3. The number of hydrogen-bond acceptors (Lipinski definition) is 6. The summed E-state index contributed by atoms with van der Waals surface area (Å²) in [4.78, 5) is 11.7. The number of benzene rings is 1. The van der Waals surface area contributed by atoms with E-state index in [4.69, 9.17) is 18.4 Å². The lowest BCUT2D eigenvalue weighted by Gasteiger charge is -2.08. The van der Waals surface area contributed by atoms with Crippen LogP contribution >= 0.6 is 0 Å². The lowest BCUT2D eigenvalue weighted by Crippen LogP contribution is -2.15. The molecule has 0 aliphatic heterocycles. The van der Waals surface area contributed by atoms with Crippen LogP contribution in [-0.4, -0.2) is 17.7 Å². The molecule has 0 fully saturated rings. The van der Waals surface area contributed by atoms with Gasteiger partial charge in [0.25, 0.3) is 0 Å². The van der Waals surface area contributed by atoms with Gasteiger partial charge in [-0.3, -0.25) is 0 Å². The molecule has 23 heavy (non-hydrogen) atoms. The molecule has 3 rings (SSSR count). The molecule has 0 bridgehead atoms. The number of hydrogen-bond donors (Lipinski definition) is 0. The Hall–Kier alpha value is -3.02. The Labute approximate surface area is 132 Å². The van der Waals surface area contributed by atoms with Crippen LogP contribution in [0.15, 0.2) is 57.7 Å². The SMILES string of the molecule is Cc1ccccc1OCC(=O)OCc1cc(-c2ccco2)on1. The monoisotopic (exact) mass is 313 g/mol. The van der Waals surface area contributed by atoms with Crippen LogP contribution in [0.4, 0.5) is 0 Å². The maximum absolute atomic E-state index is 11.7. The van der Waals surface area contributed by atoms with E-state index in [1.54, 1.807) is 30.5 Å². The van der Waals surface area contributed by atoms with Gasteiger partial charge in [-0.05, 0) is 30.7 Å². The van der Waals surface area contributed by atoms with Crippen LogP contribution in [0.3, 0.4) is 0 Å². The minimum atomic E-state index is -0.476. The molecule has 2 heterocycles. The maximum atomic E-state index is 11.7. The first-order valence-corrected chi connectivity index (χ1v) is 7.06. The van der Waals surface area contributed by atoms with Crippen molar-refractivity contribution in [2.75, 3.05) is 6.61 Å². The second-order valence-electron chi connectivity index (χ2n) is 4.87. The summed E-state index contributed by atoms with van der Waals surface area (Å²) in [7, 11) is 0. The van der Waals surface area contributed by atoms with Gasteiger partial charge in [-0.15, -0.1) is 0 Å². The van der Waals surface area contributed by atoms with Crippen LogP contribution in [0.5, 0.6) is 5.75 Å². The molecule has 0 spiro atoms. The Kier molecular flexibility index (Phi) is 4.42. The van der Waals surface area contributed by atoms with Crippen molar-refractivity contribution >= 4 is 5.97 Å². The molecule has 0 saturated carbocycles. The van der Waals surface area contributed by atoms with Gasteiger partial charge in [-0.1, -0.05) is 23.4 Å².